The highest BCUT2D eigenvalue weighted by atomic mass is 16.7. The summed E-state index contributed by atoms with van der Waals surface area (Å²) >= 11 is 0. The number of hydrogen-bond donors (Lipinski definition) is 1. The Bertz CT molecular complexity index is 689. The fourth-order valence-corrected chi connectivity index (χ4v) is 2.11. The second-order valence-corrected chi connectivity index (χ2v) is 6.48. The largest absolute Gasteiger partial charge is 0.513 e. The van der Waals surface area contributed by atoms with E-state index < -0.39 is 24.3 Å². The molecule has 2 N–H and O–H groups in total. The van der Waals surface area contributed by atoms with Crippen LogP contribution in [0.15, 0.2) is 18.2 Å². The van der Waals surface area contributed by atoms with E-state index in [1.165, 1.54) is 12.1 Å². The first-order chi connectivity index (χ1) is 13.8. The van der Waals surface area contributed by atoms with Crippen molar-refractivity contribution in [2.45, 2.75) is 59.1 Å². The molecule has 0 saturated heterocycles. The van der Waals surface area contributed by atoms with E-state index in [9.17, 15) is 14.4 Å². The maximum atomic E-state index is 11.9. The molecule has 9 heteroatoms. The van der Waals surface area contributed by atoms with Crippen molar-refractivity contribution in [1.29, 1.82) is 0 Å². The molecule has 0 bridgehead atoms. The van der Waals surface area contributed by atoms with Crippen molar-refractivity contribution in [3.63, 3.8) is 0 Å². The zero-order valence-corrected chi connectivity index (χ0v) is 17.3. The smallest absolute Gasteiger partial charge is 0.462 e. The highest BCUT2D eigenvalue weighted by Gasteiger charge is 2.20. The fraction of sp³-hybridized carbons (Fsp3) is 0.550. The molecular weight excluding hydrogens is 382 g/mol. The molecule has 1 atom stereocenters. The molecule has 0 aliphatic carbocycles. The Morgan fingerprint density at radius 3 is 2.00 bits per heavy atom. The summed E-state index contributed by atoms with van der Waals surface area (Å²) in [6, 6.07) is 3.55. The van der Waals surface area contributed by atoms with Gasteiger partial charge in [0.2, 0.25) is 0 Å². The molecule has 1 rings (SSSR count). The van der Waals surface area contributed by atoms with E-state index in [2.05, 4.69) is 0 Å². The van der Waals surface area contributed by atoms with Crippen molar-refractivity contribution < 1.29 is 38.1 Å². The average molecular weight is 411 g/mol. The van der Waals surface area contributed by atoms with E-state index in [1.807, 2.05) is 13.8 Å². The van der Waals surface area contributed by atoms with Crippen molar-refractivity contribution in [3.8, 4) is 11.5 Å². The molecule has 9 nitrogen and oxygen atoms in total. The predicted molar refractivity (Wildman–Crippen MR) is 104 cm³/mol. The Morgan fingerprint density at radius 2 is 1.48 bits per heavy atom. The lowest BCUT2D eigenvalue weighted by Crippen LogP contribution is -2.35. The fourth-order valence-electron chi connectivity index (χ4n) is 2.11. The highest BCUT2D eigenvalue weighted by molar-refractivity contribution is 5.76. The summed E-state index contributed by atoms with van der Waals surface area (Å²) in [5.74, 6) is -0.628. The third-order valence-electron chi connectivity index (χ3n) is 3.35. The molecule has 0 heterocycles. The van der Waals surface area contributed by atoms with E-state index in [1.54, 1.807) is 19.9 Å². The van der Waals surface area contributed by atoms with Gasteiger partial charge in [0.25, 0.3) is 0 Å². The van der Waals surface area contributed by atoms with Crippen LogP contribution in [0.2, 0.25) is 0 Å². The lowest BCUT2D eigenvalue weighted by atomic mass is 10.1. The minimum absolute atomic E-state index is 0.0263. The molecule has 0 spiro atoms. The van der Waals surface area contributed by atoms with Gasteiger partial charge in [-0.25, -0.2) is 9.59 Å². The van der Waals surface area contributed by atoms with Crippen molar-refractivity contribution in [3.05, 3.63) is 23.8 Å². The molecule has 1 aromatic rings. The topological polar surface area (TPSA) is 123 Å². The van der Waals surface area contributed by atoms with Gasteiger partial charge in [0.15, 0.2) is 11.5 Å². The number of carbonyl (C=O) groups excluding carboxylic acids is 3. The van der Waals surface area contributed by atoms with Gasteiger partial charge in [0.1, 0.15) is 6.04 Å². The van der Waals surface area contributed by atoms with E-state index in [4.69, 9.17) is 29.4 Å². The van der Waals surface area contributed by atoms with Crippen LogP contribution in [0.1, 0.15) is 46.1 Å². The van der Waals surface area contributed by atoms with Gasteiger partial charge in [0.05, 0.1) is 19.3 Å². The van der Waals surface area contributed by atoms with Gasteiger partial charge in [0, 0.05) is 0 Å². The predicted octanol–water partition coefficient (Wildman–Crippen LogP) is 3.36. The Morgan fingerprint density at radius 1 is 0.931 bits per heavy atom. The molecule has 0 aliphatic heterocycles. The van der Waals surface area contributed by atoms with Crippen LogP contribution in [0.25, 0.3) is 0 Å². The summed E-state index contributed by atoms with van der Waals surface area (Å²) < 4.78 is 25.1. The van der Waals surface area contributed by atoms with Crippen molar-refractivity contribution in [1.82, 2.24) is 0 Å². The van der Waals surface area contributed by atoms with Crippen molar-refractivity contribution in [2.75, 3.05) is 13.2 Å². The van der Waals surface area contributed by atoms with Crippen LogP contribution in [0.4, 0.5) is 9.59 Å². The number of ether oxygens (including phenoxy) is 5. The molecule has 0 unspecified atom stereocenters. The molecule has 0 aliphatic rings. The van der Waals surface area contributed by atoms with Gasteiger partial charge in [-0.2, -0.15) is 0 Å². The van der Waals surface area contributed by atoms with Crippen LogP contribution in [-0.2, 0) is 25.4 Å². The molecular formula is C20H29NO8. The van der Waals surface area contributed by atoms with E-state index >= 15 is 0 Å². The van der Waals surface area contributed by atoms with Gasteiger partial charge in [-0.05, 0) is 50.8 Å². The van der Waals surface area contributed by atoms with Crippen LogP contribution in [-0.4, -0.2) is 43.6 Å². The number of rotatable bonds is 10. The van der Waals surface area contributed by atoms with E-state index in [0.29, 0.717) is 18.4 Å². The SMILES string of the molecule is CCCOC(=O)Oc1ccc(C[C@H](N)C(=O)OC(C)C)cc1OC(=O)OCCC. The lowest BCUT2D eigenvalue weighted by Gasteiger charge is -2.15. The first-order valence-electron chi connectivity index (χ1n) is 9.55. The minimum atomic E-state index is -0.945. The normalized spacial score (nSPS) is 11.5. The molecule has 0 aromatic heterocycles. The van der Waals surface area contributed by atoms with Gasteiger partial charge in [-0.15, -0.1) is 0 Å². The van der Waals surface area contributed by atoms with Crippen LogP contribution in [0, 0.1) is 0 Å². The number of carbonyl (C=O) groups is 3. The van der Waals surface area contributed by atoms with Crippen LogP contribution in [0.3, 0.4) is 0 Å². The molecule has 0 saturated carbocycles. The third kappa shape index (κ3) is 9.29. The monoisotopic (exact) mass is 411 g/mol. The second-order valence-electron chi connectivity index (χ2n) is 6.48. The first kappa shape index (κ1) is 24.2. The van der Waals surface area contributed by atoms with Crippen LogP contribution < -0.4 is 15.2 Å². The second kappa shape index (κ2) is 12.6. The quantitative estimate of drug-likeness (QED) is 0.350. The Hall–Kier alpha value is -2.81. The Kier molecular flexibility index (Phi) is 10.5. The molecule has 0 radical (unpaired) electrons. The summed E-state index contributed by atoms with van der Waals surface area (Å²) in [5, 5.41) is 0. The van der Waals surface area contributed by atoms with Gasteiger partial charge in [-0.1, -0.05) is 19.9 Å². The van der Waals surface area contributed by atoms with Gasteiger partial charge >= 0.3 is 18.3 Å². The number of hydrogen-bond acceptors (Lipinski definition) is 9. The highest BCUT2D eigenvalue weighted by Crippen LogP contribution is 2.30. The standard InChI is InChI=1S/C20H29NO8/c1-5-9-25-19(23)28-16-8-7-14(11-15(21)18(22)27-13(3)4)12-17(16)29-20(24)26-10-6-2/h7-8,12-13,15H,5-6,9-11,21H2,1-4H3/t15-/m0/s1. The van der Waals surface area contributed by atoms with Crippen LogP contribution in [0.5, 0.6) is 11.5 Å². The Balaban J connectivity index is 2.96. The zero-order chi connectivity index (χ0) is 21.8. The zero-order valence-electron chi connectivity index (χ0n) is 17.3. The van der Waals surface area contributed by atoms with Gasteiger partial charge < -0.3 is 29.4 Å². The number of nitrogens with two attached hydrogens (primary N) is 1. The summed E-state index contributed by atoms with van der Waals surface area (Å²) in [5.41, 5.74) is 6.45. The molecule has 1 aromatic carbocycles. The average Bonchev–Trinajstić information content (AvgIpc) is 2.66. The van der Waals surface area contributed by atoms with Crippen LogP contribution >= 0.6 is 0 Å². The van der Waals surface area contributed by atoms with Crippen molar-refractivity contribution >= 4 is 18.3 Å². The Labute approximate surface area is 170 Å². The summed E-state index contributed by atoms with van der Waals surface area (Å²) in [7, 11) is 0. The molecule has 0 fully saturated rings. The van der Waals surface area contributed by atoms with Crippen molar-refractivity contribution in [2.24, 2.45) is 5.73 Å². The van der Waals surface area contributed by atoms with E-state index in [-0.39, 0.29) is 37.2 Å². The summed E-state index contributed by atoms with van der Waals surface area (Å²) in [6.45, 7) is 7.50. The van der Waals surface area contributed by atoms with E-state index in [0.717, 1.165) is 0 Å². The number of benzene rings is 1. The summed E-state index contributed by atoms with van der Waals surface area (Å²) in [6.07, 6.45) is -0.778. The third-order valence-corrected chi connectivity index (χ3v) is 3.35. The maximum Gasteiger partial charge on any atom is 0.513 e. The molecule has 0 amide bonds. The summed E-state index contributed by atoms with van der Waals surface area (Å²) in [4.78, 5) is 35.5. The first-order valence-corrected chi connectivity index (χ1v) is 9.55. The molecule has 162 valence electrons. The number of esters is 1. The van der Waals surface area contributed by atoms with Gasteiger partial charge in [-0.3, -0.25) is 4.79 Å². The molecule has 29 heavy (non-hydrogen) atoms. The maximum absolute atomic E-state index is 11.9. The lowest BCUT2D eigenvalue weighted by molar-refractivity contribution is -0.148. The minimum Gasteiger partial charge on any atom is -0.462 e.